The van der Waals surface area contributed by atoms with E-state index in [4.69, 9.17) is 16.7 Å². The number of rotatable bonds is 7. The standard InChI is InChI=1S/C16H21ClN2O5S/c1-10(2)6-14(16(21)22)18-25(23,24)13-8-19(9-13)15(20)11-4-3-5-12(17)7-11/h3-5,7,10,13-14,18H,6,8-9H2,1-2H3,(H,21,22)/t14-/m0/s1. The predicted molar refractivity (Wildman–Crippen MR) is 94.1 cm³/mol. The summed E-state index contributed by atoms with van der Waals surface area (Å²) in [6.45, 7) is 3.68. The van der Waals surface area contributed by atoms with E-state index < -0.39 is 27.3 Å². The molecule has 1 amide bonds. The van der Waals surface area contributed by atoms with Crippen LogP contribution in [0.25, 0.3) is 0 Å². The van der Waals surface area contributed by atoms with Gasteiger partial charge in [0.1, 0.15) is 11.3 Å². The van der Waals surface area contributed by atoms with Crippen LogP contribution in [0.2, 0.25) is 5.02 Å². The van der Waals surface area contributed by atoms with Crippen LogP contribution >= 0.6 is 11.6 Å². The van der Waals surface area contributed by atoms with Gasteiger partial charge in [0, 0.05) is 23.7 Å². The predicted octanol–water partition coefficient (Wildman–Crippen LogP) is 1.58. The molecule has 0 saturated carbocycles. The van der Waals surface area contributed by atoms with Crippen LogP contribution in [0.1, 0.15) is 30.6 Å². The van der Waals surface area contributed by atoms with Crippen LogP contribution in [0.3, 0.4) is 0 Å². The van der Waals surface area contributed by atoms with Crippen LogP contribution < -0.4 is 4.72 Å². The molecule has 7 nitrogen and oxygen atoms in total. The second kappa shape index (κ2) is 7.72. The van der Waals surface area contributed by atoms with Crippen LogP contribution in [0, 0.1) is 5.92 Å². The lowest BCUT2D eigenvalue weighted by atomic mass is 10.1. The summed E-state index contributed by atoms with van der Waals surface area (Å²) in [5, 5.41) is 8.78. The van der Waals surface area contributed by atoms with E-state index in [9.17, 15) is 18.0 Å². The van der Waals surface area contributed by atoms with E-state index in [-0.39, 0.29) is 31.3 Å². The van der Waals surface area contributed by atoms with E-state index in [2.05, 4.69) is 4.72 Å². The zero-order chi connectivity index (χ0) is 18.8. The topological polar surface area (TPSA) is 104 Å². The van der Waals surface area contributed by atoms with Crippen molar-refractivity contribution in [3.05, 3.63) is 34.9 Å². The normalized spacial score (nSPS) is 16.6. The maximum Gasteiger partial charge on any atom is 0.321 e. The fourth-order valence-corrected chi connectivity index (χ4v) is 4.30. The molecule has 1 aromatic carbocycles. The molecule has 0 bridgehead atoms. The third-order valence-corrected chi connectivity index (χ3v) is 5.98. The van der Waals surface area contributed by atoms with Crippen molar-refractivity contribution in [3.8, 4) is 0 Å². The molecule has 1 aromatic rings. The van der Waals surface area contributed by atoms with Gasteiger partial charge in [-0.2, -0.15) is 0 Å². The summed E-state index contributed by atoms with van der Waals surface area (Å²) >= 11 is 5.85. The van der Waals surface area contributed by atoms with Crippen LogP contribution in [0.15, 0.2) is 24.3 Å². The zero-order valence-electron chi connectivity index (χ0n) is 14.0. The molecule has 1 atom stereocenters. The fourth-order valence-electron chi connectivity index (χ4n) is 2.57. The molecule has 0 aromatic heterocycles. The molecule has 9 heteroatoms. The zero-order valence-corrected chi connectivity index (χ0v) is 15.5. The number of hydrogen-bond donors (Lipinski definition) is 2. The first-order chi connectivity index (χ1) is 11.6. The van der Waals surface area contributed by atoms with Crippen molar-refractivity contribution < 1.29 is 23.1 Å². The number of carboxylic acid groups (broad SMARTS) is 1. The lowest BCUT2D eigenvalue weighted by Gasteiger charge is -2.39. The first kappa shape index (κ1) is 19.7. The van der Waals surface area contributed by atoms with Gasteiger partial charge in [0.05, 0.1) is 0 Å². The van der Waals surface area contributed by atoms with Gasteiger partial charge in [-0.05, 0) is 30.5 Å². The molecule has 1 aliphatic rings. The van der Waals surface area contributed by atoms with Gasteiger partial charge < -0.3 is 10.0 Å². The van der Waals surface area contributed by atoms with Gasteiger partial charge in [0.15, 0.2) is 0 Å². The average Bonchev–Trinajstić information content (AvgIpc) is 2.43. The van der Waals surface area contributed by atoms with Crippen molar-refractivity contribution in [1.82, 2.24) is 9.62 Å². The number of likely N-dealkylation sites (tertiary alicyclic amines) is 1. The minimum atomic E-state index is -3.82. The first-order valence-corrected chi connectivity index (χ1v) is 9.81. The van der Waals surface area contributed by atoms with Crippen LogP contribution in [0.5, 0.6) is 0 Å². The van der Waals surface area contributed by atoms with Crippen LogP contribution in [-0.4, -0.2) is 54.7 Å². The Kier molecular flexibility index (Phi) is 6.08. The number of halogens is 1. The Morgan fingerprint density at radius 2 is 2.00 bits per heavy atom. The van der Waals surface area contributed by atoms with Crippen molar-refractivity contribution in [1.29, 1.82) is 0 Å². The Balaban J connectivity index is 1.98. The fraction of sp³-hybridized carbons (Fsp3) is 0.500. The van der Waals surface area contributed by atoms with Gasteiger partial charge in [-0.3, -0.25) is 9.59 Å². The van der Waals surface area contributed by atoms with E-state index in [1.807, 2.05) is 13.8 Å². The summed E-state index contributed by atoms with van der Waals surface area (Å²) in [5.74, 6) is -1.47. The molecule has 0 radical (unpaired) electrons. The second-order valence-electron chi connectivity index (χ2n) is 6.53. The number of nitrogens with zero attached hydrogens (tertiary/aromatic N) is 1. The lowest BCUT2D eigenvalue weighted by molar-refractivity contribution is -0.139. The molecule has 25 heavy (non-hydrogen) atoms. The molecule has 0 unspecified atom stereocenters. The maximum atomic E-state index is 12.3. The number of carbonyl (C=O) groups is 2. The monoisotopic (exact) mass is 388 g/mol. The summed E-state index contributed by atoms with van der Waals surface area (Å²) in [6.07, 6.45) is 0.201. The maximum absolute atomic E-state index is 12.3. The van der Waals surface area contributed by atoms with Crippen molar-refractivity contribution in [2.45, 2.75) is 31.6 Å². The van der Waals surface area contributed by atoms with Crippen LogP contribution in [-0.2, 0) is 14.8 Å². The second-order valence-corrected chi connectivity index (χ2v) is 8.95. The number of sulfonamides is 1. The first-order valence-electron chi connectivity index (χ1n) is 7.89. The highest BCUT2D eigenvalue weighted by molar-refractivity contribution is 7.90. The number of aliphatic carboxylic acids is 1. The van der Waals surface area contributed by atoms with Crippen molar-refractivity contribution in [3.63, 3.8) is 0 Å². The van der Waals surface area contributed by atoms with E-state index >= 15 is 0 Å². The van der Waals surface area contributed by atoms with Gasteiger partial charge in [-0.1, -0.05) is 31.5 Å². The Hall–Kier alpha value is -1.64. The molecule has 0 spiro atoms. The van der Waals surface area contributed by atoms with E-state index in [1.54, 1.807) is 18.2 Å². The van der Waals surface area contributed by atoms with E-state index in [0.717, 1.165) is 0 Å². The van der Waals surface area contributed by atoms with E-state index in [1.165, 1.54) is 11.0 Å². The Labute approximate surface area is 152 Å². The summed E-state index contributed by atoms with van der Waals surface area (Å²) < 4.78 is 26.9. The molecule has 0 aliphatic carbocycles. The minimum absolute atomic E-state index is 0.0225. The number of carbonyl (C=O) groups excluding carboxylic acids is 1. The smallest absolute Gasteiger partial charge is 0.321 e. The molecular formula is C16H21ClN2O5S. The largest absolute Gasteiger partial charge is 0.480 e. The molecule has 1 aliphatic heterocycles. The lowest BCUT2D eigenvalue weighted by Crippen LogP contribution is -2.61. The molecule has 1 saturated heterocycles. The van der Waals surface area contributed by atoms with Crippen molar-refractivity contribution in [2.24, 2.45) is 5.92 Å². The molecular weight excluding hydrogens is 368 g/mol. The van der Waals surface area contributed by atoms with Gasteiger partial charge in [-0.25, -0.2) is 13.1 Å². The Morgan fingerprint density at radius 1 is 1.36 bits per heavy atom. The summed E-state index contributed by atoms with van der Waals surface area (Å²) in [4.78, 5) is 24.9. The molecule has 1 fully saturated rings. The molecule has 138 valence electrons. The van der Waals surface area contributed by atoms with Crippen LogP contribution in [0.4, 0.5) is 0 Å². The van der Waals surface area contributed by atoms with Gasteiger partial charge in [-0.15, -0.1) is 0 Å². The number of nitrogens with one attached hydrogen (secondary N) is 1. The summed E-state index contributed by atoms with van der Waals surface area (Å²) in [6, 6.07) is 5.26. The highest BCUT2D eigenvalue weighted by Gasteiger charge is 2.41. The van der Waals surface area contributed by atoms with Gasteiger partial charge >= 0.3 is 5.97 Å². The van der Waals surface area contributed by atoms with Gasteiger partial charge in [0.25, 0.3) is 5.91 Å². The summed E-state index contributed by atoms with van der Waals surface area (Å²) in [5.41, 5.74) is 0.388. The molecule has 1 heterocycles. The number of carboxylic acids is 1. The van der Waals surface area contributed by atoms with E-state index in [0.29, 0.717) is 10.6 Å². The molecule has 2 N–H and O–H groups in total. The highest BCUT2D eigenvalue weighted by atomic mass is 35.5. The molecule has 2 rings (SSSR count). The third-order valence-electron chi connectivity index (χ3n) is 3.96. The minimum Gasteiger partial charge on any atom is -0.480 e. The average molecular weight is 389 g/mol. The number of amides is 1. The quantitative estimate of drug-likeness (QED) is 0.738. The summed E-state index contributed by atoms with van der Waals surface area (Å²) in [7, 11) is -3.82. The Bertz CT molecular complexity index is 760. The Morgan fingerprint density at radius 3 is 2.52 bits per heavy atom. The third kappa shape index (κ3) is 4.93. The highest BCUT2D eigenvalue weighted by Crippen LogP contribution is 2.21. The SMILES string of the molecule is CC(C)C[C@H](NS(=O)(=O)C1CN(C(=O)c2cccc(Cl)c2)C1)C(=O)O. The van der Waals surface area contributed by atoms with Crippen molar-refractivity contribution >= 4 is 33.5 Å². The number of benzene rings is 1. The number of hydrogen-bond acceptors (Lipinski definition) is 4. The van der Waals surface area contributed by atoms with Gasteiger partial charge in [0.2, 0.25) is 10.0 Å². The van der Waals surface area contributed by atoms with Crippen molar-refractivity contribution in [2.75, 3.05) is 13.1 Å².